The predicted molar refractivity (Wildman–Crippen MR) is 601 cm³/mol. The minimum atomic E-state index is -0.0816. The molecule has 0 saturated carbocycles. The van der Waals surface area contributed by atoms with Gasteiger partial charge >= 0.3 is 0 Å². The first-order valence-corrected chi connectivity index (χ1v) is 51.4. The number of benzene rings is 12. The van der Waals surface area contributed by atoms with Crippen LogP contribution in [0, 0.1) is 47.3 Å². The molecule has 12 rings (SSSR count). The third-order valence-electron chi connectivity index (χ3n) is 27.5. The van der Waals surface area contributed by atoms with Crippen molar-refractivity contribution in [3.05, 3.63) is 458 Å². The molecule has 12 aromatic rings. The summed E-state index contributed by atoms with van der Waals surface area (Å²) >= 11 is 0. The molecule has 0 aliphatic carbocycles. The number of allylic oxidation sites excluding steroid dienone is 6. The number of phenolic OH excluding ortho intramolecular Hbond substituents is 4. The second kappa shape index (κ2) is 67.3. The van der Waals surface area contributed by atoms with Crippen molar-refractivity contribution in [1.82, 2.24) is 0 Å². The van der Waals surface area contributed by atoms with Gasteiger partial charge in [-0.3, -0.25) is 9.59 Å². The molecule has 4 N–H and O–H groups in total. The molecule has 8 unspecified atom stereocenters. The Balaban J connectivity index is 0.000000288. The van der Waals surface area contributed by atoms with E-state index in [1.54, 1.807) is 38.1 Å². The van der Waals surface area contributed by atoms with Crippen molar-refractivity contribution in [2.75, 3.05) is 0 Å². The fourth-order valence-electron chi connectivity index (χ4n) is 17.3. The van der Waals surface area contributed by atoms with E-state index in [2.05, 4.69) is 209 Å². The third-order valence-corrected chi connectivity index (χ3v) is 27.5. The van der Waals surface area contributed by atoms with Gasteiger partial charge in [0.15, 0.2) is 0 Å². The molecule has 10 nitrogen and oxygen atoms in total. The van der Waals surface area contributed by atoms with Crippen LogP contribution in [0.4, 0.5) is 0 Å². The molecule has 756 valence electrons. The van der Waals surface area contributed by atoms with Gasteiger partial charge in [0.1, 0.15) is 84.0 Å². The number of hydrogen-bond acceptors (Lipinski definition) is 10. The Kier molecular flexibility index (Phi) is 56.5. The summed E-state index contributed by atoms with van der Waals surface area (Å²) in [7, 11) is 0. The summed E-state index contributed by atoms with van der Waals surface area (Å²) in [6, 6.07) is 103. The Morgan fingerprint density at radius 3 is 0.599 bits per heavy atom. The highest BCUT2D eigenvalue weighted by atomic mass is 16.5. The molecule has 0 aromatic heterocycles. The van der Waals surface area contributed by atoms with Crippen LogP contribution in [0.25, 0.3) is 0 Å². The molecule has 0 aliphatic heterocycles. The molecule has 0 radical (unpaired) electrons. The summed E-state index contributed by atoms with van der Waals surface area (Å²) < 4.78 is 23.5. The lowest BCUT2D eigenvalue weighted by atomic mass is 9.84. The van der Waals surface area contributed by atoms with Crippen LogP contribution in [0.5, 0.6) is 46.0 Å². The molecule has 142 heavy (non-hydrogen) atoms. The van der Waals surface area contributed by atoms with Gasteiger partial charge in [-0.2, -0.15) is 0 Å². The minimum absolute atomic E-state index is 0.0118. The van der Waals surface area contributed by atoms with Crippen LogP contribution in [-0.4, -0.2) is 32.0 Å². The summed E-state index contributed by atoms with van der Waals surface area (Å²) in [5, 5.41) is 37.6. The highest BCUT2D eigenvalue weighted by Gasteiger charge is 2.25. The number of hydrogen-bond donors (Lipinski definition) is 4. The van der Waals surface area contributed by atoms with E-state index in [4.69, 9.17) is 18.9 Å². The van der Waals surface area contributed by atoms with Gasteiger partial charge in [0, 0.05) is 47.3 Å². The number of carbonyl (C=O) groups excluding carboxylic acids is 2. The molecule has 0 spiro atoms. The first-order chi connectivity index (χ1) is 68.4. The van der Waals surface area contributed by atoms with Crippen molar-refractivity contribution in [1.29, 1.82) is 0 Å². The number of rotatable bonds is 44. The maximum Gasteiger partial charge on any atom is 0.133 e. The second-order valence-corrected chi connectivity index (χ2v) is 37.5. The summed E-state index contributed by atoms with van der Waals surface area (Å²) in [6.07, 6.45) is 20.9. The Hall–Kier alpha value is -13.2. The highest BCUT2D eigenvalue weighted by Crippen LogP contribution is 2.39. The van der Waals surface area contributed by atoms with E-state index in [1.165, 1.54) is 46.2 Å². The average Bonchev–Trinajstić information content (AvgIpc) is 0.836. The largest absolute Gasteiger partial charge is 0.508 e. The van der Waals surface area contributed by atoms with E-state index in [9.17, 15) is 30.0 Å². The standard InChI is InChI=1S/2C20H22O2.2C20H24O.2C13H20O.2C13H18O/c2*1-4-20(15(2)16(3)21)18-11-8-12-19(13-18)22-14-17-9-6-5-7-10-17;2*1-4-16(3)20(5-2)18-12-9-13-19(14-18)21-15-17-10-7-6-8-11-17;4*1-4-10(3)13(5-2)11-7-6-8-12(14)9-11/h2*4-13,15,20H,1,14H2,2-3H3;2*5-14,16,20H,2,4,15H2,1,3H3;2*6-10,13-14H,4-5H2,1-3H3;2*5-10,13-14H,2,4H2,1,3H3/t15-,20+;;16-,20+;;10-,13+;;10-,13+;/m0.0.0.0./s1. The first-order valence-electron chi connectivity index (χ1n) is 51.4. The fraction of sp³-hybridized carbons (Fsp3) is 0.348. The molecule has 0 heterocycles. The second-order valence-electron chi connectivity index (χ2n) is 37.5. The van der Waals surface area contributed by atoms with E-state index < -0.39 is 0 Å². The summed E-state index contributed by atoms with van der Waals surface area (Å²) in [5.74, 6) is 11.4. The molecule has 10 heteroatoms. The van der Waals surface area contributed by atoms with Crippen LogP contribution < -0.4 is 18.9 Å². The minimum Gasteiger partial charge on any atom is -0.508 e. The van der Waals surface area contributed by atoms with Crippen molar-refractivity contribution in [2.45, 2.75) is 250 Å². The summed E-state index contributed by atoms with van der Waals surface area (Å²) in [5.41, 5.74) is 14.1. The van der Waals surface area contributed by atoms with E-state index in [0.717, 1.165) is 94.9 Å². The molecular weight excluding hydrogens is 1750 g/mol. The Bertz CT molecular complexity index is 5220. The normalized spacial score (nSPS) is 13.9. The zero-order valence-corrected chi connectivity index (χ0v) is 88.7. The van der Waals surface area contributed by atoms with E-state index in [-0.39, 0.29) is 35.2 Å². The molecule has 0 bridgehead atoms. The SMILES string of the molecule is C=CC(c1cccc(O)c1)C(C)CC.C=CC(c1cccc(OCc2ccccc2)c1)C(C)C(C)=O.C=CC(c1cccc(OCc2ccccc2)c1)C(C)CC.C=C[C@@H](c1cccc(O)c1)[C@@H](C)CC.C=C[C@@H](c1cccc(OCc2ccccc2)c1)[C@@H](C)C(C)=O.C=C[C@@H](c1cccc(OCc2ccccc2)c1)[C@@H](C)CC.CCC(C)C(CC)c1cccc(O)c1.CC[C@H](C)[C@@H](CC)c1cccc(O)c1. The maximum absolute atomic E-state index is 11.6. The Morgan fingerprint density at radius 1 is 0.232 bits per heavy atom. The first kappa shape index (κ1) is 119. The lowest BCUT2D eigenvalue weighted by Crippen LogP contribution is -2.15. The number of Topliss-reactive ketones (excluding diaryl/α,β-unsaturated/α-hetero) is 2. The van der Waals surface area contributed by atoms with Crippen LogP contribution in [0.3, 0.4) is 0 Å². The van der Waals surface area contributed by atoms with E-state index in [0.29, 0.717) is 120 Å². The molecule has 0 amide bonds. The van der Waals surface area contributed by atoms with E-state index >= 15 is 0 Å². The van der Waals surface area contributed by atoms with Crippen LogP contribution >= 0.6 is 0 Å². The van der Waals surface area contributed by atoms with Crippen molar-refractivity contribution < 1.29 is 49.0 Å². The zero-order chi connectivity index (χ0) is 104. The summed E-state index contributed by atoms with van der Waals surface area (Å²) in [6.45, 7) is 64.0. The van der Waals surface area contributed by atoms with Crippen LogP contribution in [0.15, 0.2) is 391 Å². The van der Waals surface area contributed by atoms with Crippen molar-refractivity contribution in [2.24, 2.45) is 47.3 Å². The Morgan fingerprint density at radius 2 is 0.415 bits per heavy atom. The lowest BCUT2D eigenvalue weighted by Gasteiger charge is -2.21. The molecule has 0 aliphatic rings. The smallest absolute Gasteiger partial charge is 0.133 e. The lowest BCUT2D eigenvalue weighted by molar-refractivity contribution is -0.121. The maximum atomic E-state index is 11.6. The van der Waals surface area contributed by atoms with Crippen molar-refractivity contribution in [3.63, 3.8) is 0 Å². The molecule has 16 atom stereocenters. The number of aromatic hydroxyl groups is 4. The number of carbonyl (C=O) groups is 2. The Labute approximate surface area is 856 Å². The molecule has 12 aromatic carbocycles. The number of ketones is 2. The van der Waals surface area contributed by atoms with Crippen LogP contribution in [0.1, 0.15) is 290 Å². The van der Waals surface area contributed by atoms with Gasteiger partial charge in [-0.25, -0.2) is 0 Å². The van der Waals surface area contributed by atoms with Gasteiger partial charge in [-0.1, -0.05) is 404 Å². The highest BCUT2D eigenvalue weighted by molar-refractivity contribution is 5.80. The molecule has 0 fully saturated rings. The average molecular weight is 1910 g/mol. The predicted octanol–water partition coefficient (Wildman–Crippen LogP) is 36.0. The monoisotopic (exact) mass is 1910 g/mol. The molecular formula is C132H168O10. The van der Waals surface area contributed by atoms with Crippen molar-refractivity contribution in [3.8, 4) is 46.0 Å². The van der Waals surface area contributed by atoms with Gasteiger partial charge in [-0.15, -0.1) is 39.5 Å². The van der Waals surface area contributed by atoms with Gasteiger partial charge < -0.3 is 39.4 Å². The quantitative estimate of drug-likeness (QED) is 0.0272. The zero-order valence-electron chi connectivity index (χ0n) is 88.7. The van der Waals surface area contributed by atoms with Gasteiger partial charge in [0.25, 0.3) is 0 Å². The van der Waals surface area contributed by atoms with Crippen LogP contribution in [-0.2, 0) is 36.0 Å². The summed E-state index contributed by atoms with van der Waals surface area (Å²) in [4.78, 5) is 23.3. The van der Waals surface area contributed by atoms with Crippen LogP contribution in [0.2, 0.25) is 0 Å². The fourth-order valence-corrected chi connectivity index (χ4v) is 17.3. The van der Waals surface area contributed by atoms with Gasteiger partial charge in [0.05, 0.1) is 0 Å². The number of ether oxygens (including phenoxy) is 4. The van der Waals surface area contributed by atoms with Gasteiger partial charge in [-0.05, 0) is 238 Å². The number of phenols is 4. The van der Waals surface area contributed by atoms with E-state index in [1.807, 2.05) is 269 Å². The third kappa shape index (κ3) is 41.9. The topological polar surface area (TPSA) is 152 Å². The molecule has 0 saturated heterocycles. The van der Waals surface area contributed by atoms with Crippen molar-refractivity contribution >= 4 is 11.6 Å². The van der Waals surface area contributed by atoms with Gasteiger partial charge in [0.2, 0.25) is 0 Å².